The molecule has 0 saturated heterocycles. The topological polar surface area (TPSA) is 104 Å². The van der Waals surface area contributed by atoms with Gasteiger partial charge in [0.2, 0.25) is 0 Å². The van der Waals surface area contributed by atoms with Gasteiger partial charge in [0.25, 0.3) is 5.82 Å². The molecule has 0 amide bonds. The maximum Gasteiger partial charge on any atom is 0.453 e. The van der Waals surface area contributed by atoms with E-state index < -0.39 is 18.0 Å². The highest BCUT2D eigenvalue weighted by Gasteiger charge is 2.40. The number of nitrogens with zero attached hydrogens (tertiary/aromatic N) is 8. The molecule has 0 N–H and O–H groups in total. The Morgan fingerprint density at radius 1 is 1.25 bits per heavy atom. The number of hydrogen-bond donors (Lipinski definition) is 0. The first kappa shape index (κ1) is 10.1. The average Bonchev–Trinajstić information content (AvgIpc) is 2.87. The van der Waals surface area contributed by atoms with Crippen LogP contribution in [0, 0.1) is 0 Å². The summed E-state index contributed by atoms with van der Waals surface area (Å²) in [7, 11) is 0. The van der Waals surface area contributed by atoms with Crippen molar-refractivity contribution in [1.29, 1.82) is 0 Å². The van der Waals surface area contributed by atoms with Crippen LogP contribution < -0.4 is 0 Å². The largest absolute Gasteiger partial charge is 0.453 e. The lowest BCUT2D eigenvalue weighted by Gasteiger charge is -2.04. The van der Waals surface area contributed by atoms with Gasteiger partial charge in [-0.1, -0.05) is 0 Å². The van der Waals surface area contributed by atoms with E-state index in [4.69, 9.17) is 0 Å². The molecule has 0 aliphatic rings. The molecule has 0 aliphatic carbocycles. The van der Waals surface area contributed by atoms with E-state index in [-0.39, 0.29) is 4.68 Å². The third-order valence-electron chi connectivity index (χ3n) is 1.45. The number of carbonyl (C=O) groups excluding carboxylic acids is 1. The second-order valence-electron chi connectivity index (χ2n) is 2.45. The third-order valence-corrected chi connectivity index (χ3v) is 1.45. The summed E-state index contributed by atoms with van der Waals surface area (Å²) in [6.45, 7) is 0. The first-order chi connectivity index (χ1) is 7.50. The van der Waals surface area contributed by atoms with E-state index in [1.165, 1.54) is 0 Å². The molecular formula is C4HF3N8O. The number of alkyl halides is 3. The van der Waals surface area contributed by atoms with E-state index in [1.54, 1.807) is 0 Å². The van der Waals surface area contributed by atoms with E-state index in [0.717, 1.165) is 6.33 Å². The Morgan fingerprint density at radius 3 is 2.56 bits per heavy atom. The minimum absolute atomic E-state index is 0.0453. The van der Waals surface area contributed by atoms with Crippen molar-refractivity contribution >= 4 is 6.03 Å². The molecule has 16 heavy (non-hydrogen) atoms. The van der Waals surface area contributed by atoms with E-state index in [2.05, 4.69) is 31.1 Å². The fourth-order valence-electron chi connectivity index (χ4n) is 0.839. The molecule has 0 spiro atoms. The Labute approximate surface area is 83.8 Å². The van der Waals surface area contributed by atoms with Crippen molar-refractivity contribution in [3.63, 3.8) is 0 Å². The Kier molecular flexibility index (Phi) is 2.10. The molecule has 84 valence electrons. The monoisotopic (exact) mass is 234 g/mol. The molecule has 2 aromatic heterocycles. The van der Waals surface area contributed by atoms with Gasteiger partial charge in [-0.3, -0.25) is 0 Å². The fraction of sp³-hybridized carbons (Fsp3) is 0.250. The molecule has 0 radical (unpaired) electrons. The van der Waals surface area contributed by atoms with Crippen molar-refractivity contribution in [3.8, 4) is 0 Å². The van der Waals surface area contributed by atoms with Gasteiger partial charge in [-0.2, -0.15) is 13.2 Å². The van der Waals surface area contributed by atoms with Crippen LogP contribution in [-0.2, 0) is 6.18 Å². The van der Waals surface area contributed by atoms with Gasteiger partial charge in [0.05, 0.1) is 0 Å². The molecule has 0 atom stereocenters. The van der Waals surface area contributed by atoms with Crippen molar-refractivity contribution in [1.82, 2.24) is 40.4 Å². The number of tetrazole rings is 2. The predicted octanol–water partition coefficient (Wildman–Crippen LogP) is -0.805. The Balaban J connectivity index is 2.43. The van der Waals surface area contributed by atoms with Gasteiger partial charge in [0, 0.05) is 0 Å². The fourth-order valence-corrected chi connectivity index (χ4v) is 0.839. The van der Waals surface area contributed by atoms with Crippen molar-refractivity contribution in [2.75, 3.05) is 0 Å². The van der Waals surface area contributed by atoms with Gasteiger partial charge in [-0.05, 0) is 20.9 Å². The minimum atomic E-state index is -4.84. The number of halogens is 3. The van der Waals surface area contributed by atoms with Crippen molar-refractivity contribution < 1.29 is 18.0 Å². The highest BCUT2D eigenvalue weighted by atomic mass is 19.4. The zero-order chi connectivity index (χ0) is 11.8. The third kappa shape index (κ3) is 1.59. The Hall–Kier alpha value is -2.40. The van der Waals surface area contributed by atoms with Crippen molar-refractivity contribution in [3.05, 3.63) is 12.2 Å². The smallest absolute Gasteiger partial charge is 0.243 e. The second kappa shape index (κ2) is 3.32. The molecule has 2 heterocycles. The molecule has 0 aliphatic heterocycles. The van der Waals surface area contributed by atoms with Gasteiger partial charge in [0.15, 0.2) is 0 Å². The molecule has 0 saturated carbocycles. The summed E-state index contributed by atoms with van der Waals surface area (Å²) in [5, 5.41) is 17.7. The van der Waals surface area contributed by atoms with Gasteiger partial charge < -0.3 is 0 Å². The lowest BCUT2D eigenvalue weighted by atomic mass is 10.6. The summed E-state index contributed by atoms with van der Waals surface area (Å²) in [5.74, 6) is -1.55. The molecule has 2 aromatic rings. The maximum atomic E-state index is 12.3. The second-order valence-corrected chi connectivity index (χ2v) is 2.45. The van der Waals surface area contributed by atoms with Crippen LogP contribution in [0.15, 0.2) is 6.33 Å². The number of carbonyl (C=O) groups is 1. The van der Waals surface area contributed by atoms with Gasteiger partial charge in [0.1, 0.15) is 6.33 Å². The maximum absolute atomic E-state index is 12.3. The molecule has 9 nitrogen and oxygen atoms in total. The number of hydrogen-bond acceptors (Lipinski definition) is 7. The summed E-state index contributed by atoms with van der Waals surface area (Å²) >= 11 is 0. The lowest BCUT2D eigenvalue weighted by Crippen LogP contribution is -2.27. The Bertz CT molecular complexity index is 500. The van der Waals surface area contributed by atoms with Crippen LogP contribution in [0.3, 0.4) is 0 Å². The molecule has 0 aromatic carbocycles. The van der Waals surface area contributed by atoms with Crippen molar-refractivity contribution in [2.45, 2.75) is 6.18 Å². The van der Waals surface area contributed by atoms with Gasteiger partial charge in [-0.25, -0.2) is 4.79 Å². The highest BCUT2D eigenvalue weighted by molar-refractivity contribution is 5.77. The molecule has 0 bridgehead atoms. The summed E-state index contributed by atoms with van der Waals surface area (Å²) in [6, 6.07) is -1.23. The number of rotatable bonds is 0. The van der Waals surface area contributed by atoms with Crippen LogP contribution in [0.5, 0.6) is 0 Å². The summed E-state index contributed by atoms with van der Waals surface area (Å²) < 4.78 is 37.3. The van der Waals surface area contributed by atoms with Crippen LogP contribution in [0.25, 0.3) is 0 Å². The lowest BCUT2D eigenvalue weighted by molar-refractivity contribution is -0.146. The predicted molar refractivity (Wildman–Crippen MR) is 36.8 cm³/mol. The highest BCUT2D eigenvalue weighted by Crippen LogP contribution is 2.26. The van der Waals surface area contributed by atoms with E-state index in [1.807, 2.05) is 0 Å². The van der Waals surface area contributed by atoms with Crippen LogP contribution in [-0.4, -0.2) is 46.4 Å². The first-order valence-corrected chi connectivity index (χ1v) is 3.63. The van der Waals surface area contributed by atoms with Crippen molar-refractivity contribution in [2.24, 2.45) is 0 Å². The zero-order valence-corrected chi connectivity index (χ0v) is 7.20. The molecule has 2 rings (SSSR count). The van der Waals surface area contributed by atoms with E-state index >= 15 is 0 Å². The van der Waals surface area contributed by atoms with Gasteiger partial charge >= 0.3 is 12.2 Å². The quantitative estimate of drug-likeness (QED) is 0.549. The van der Waals surface area contributed by atoms with E-state index in [0.29, 0.717) is 4.68 Å². The average molecular weight is 234 g/mol. The van der Waals surface area contributed by atoms with E-state index in [9.17, 15) is 18.0 Å². The Morgan fingerprint density at radius 2 is 2.00 bits per heavy atom. The minimum Gasteiger partial charge on any atom is -0.243 e. The summed E-state index contributed by atoms with van der Waals surface area (Å²) in [5.41, 5.74) is 0. The van der Waals surface area contributed by atoms with Crippen LogP contribution in [0.4, 0.5) is 18.0 Å². The van der Waals surface area contributed by atoms with Crippen LogP contribution >= 0.6 is 0 Å². The first-order valence-electron chi connectivity index (χ1n) is 3.63. The standard InChI is InChI=1S/C4HF3N8O/c5-4(6,7)2-9-11-13-15(2)3(16)14-1-8-10-12-14/h1H. The number of aromatic nitrogens is 8. The SMILES string of the molecule is O=C(n1cnnn1)n1nnnc1C(F)(F)F. The zero-order valence-electron chi connectivity index (χ0n) is 7.20. The summed E-state index contributed by atoms with van der Waals surface area (Å²) in [4.78, 5) is 11.4. The van der Waals surface area contributed by atoms with Crippen LogP contribution in [0.2, 0.25) is 0 Å². The molecule has 0 unspecified atom stereocenters. The normalized spacial score (nSPS) is 11.7. The van der Waals surface area contributed by atoms with Crippen LogP contribution in [0.1, 0.15) is 5.82 Å². The molecule has 12 heteroatoms. The molecule has 0 fully saturated rings. The summed E-state index contributed by atoms with van der Waals surface area (Å²) in [6.07, 6.45) is -4.02. The van der Waals surface area contributed by atoms with Gasteiger partial charge in [-0.15, -0.1) is 19.6 Å². The molecular weight excluding hydrogens is 233 g/mol.